The zero-order valence-corrected chi connectivity index (χ0v) is 12.7. The Bertz CT molecular complexity index is 642. The van der Waals surface area contributed by atoms with Gasteiger partial charge in [0, 0.05) is 10.8 Å². The lowest BCUT2D eigenvalue weighted by Crippen LogP contribution is -2.45. The molecule has 22 heavy (non-hydrogen) atoms. The van der Waals surface area contributed by atoms with Crippen LogP contribution in [0, 0.1) is 5.41 Å². The number of rotatable bonds is 5. The number of ether oxygens (including phenoxy) is 1. The second-order valence-corrected chi connectivity index (χ2v) is 6.51. The summed E-state index contributed by atoms with van der Waals surface area (Å²) in [5, 5.41) is 9.67. The van der Waals surface area contributed by atoms with Gasteiger partial charge in [-0.05, 0) is 6.42 Å². The topological polar surface area (TPSA) is 52.8 Å². The molecule has 0 saturated carbocycles. The van der Waals surface area contributed by atoms with E-state index in [4.69, 9.17) is 4.74 Å². The van der Waals surface area contributed by atoms with E-state index in [2.05, 4.69) is 22.2 Å². The lowest BCUT2D eigenvalue weighted by molar-refractivity contribution is -0.127. The summed E-state index contributed by atoms with van der Waals surface area (Å²) in [4.78, 5) is 3.99. The molecule has 3 heterocycles. The smallest absolute Gasteiger partial charge is 0.380 e. The van der Waals surface area contributed by atoms with Gasteiger partial charge < -0.3 is 4.74 Å². The summed E-state index contributed by atoms with van der Waals surface area (Å²) >= 11 is 0.986. The molecule has 5 nitrogen and oxygen atoms in total. The highest BCUT2D eigenvalue weighted by atomic mass is 32.1. The quantitative estimate of drug-likeness (QED) is 0.845. The average molecular weight is 332 g/mol. The molecule has 3 rings (SSSR count). The van der Waals surface area contributed by atoms with Gasteiger partial charge in [0.25, 0.3) is 0 Å². The lowest BCUT2D eigenvalue weighted by Gasteiger charge is -2.40. The molecule has 1 aliphatic rings. The van der Waals surface area contributed by atoms with Crippen LogP contribution in [0.5, 0.6) is 0 Å². The van der Waals surface area contributed by atoms with E-state index in [1.807, 2.05) is 0 Å². The Hall–Kier alpha value is -1.48. The Morgan fingerprint density at radius 3 is 2.73 bits per heavy atom. The maximum atomic E-state index is 12.4. The number of nitrogens with zero attached hydrogens (tertiary/aromatic N) is 4. The average Bonchev–Trinajstić information content (AvgIpc) is 3.00. The molecular formula is C13H15F3N4OS. The van der Waals surface area contributed by atoms with Crippen LogP contribution in [0.4, 0.5) is 13.2 Å². The number of hydrogen-bond acceptors (Lipinski definition) is 5. The molecule has 0 radical (unpaired) electrons. The molecule has 0 aliphatic carbocycles. The van der Waals surface area contributed by atoms with E-state index < -0.39 is 12.6 Å². The van der Waals surface area contributed by atoms with Crippen molar-refractivity contribution in [3.63, 3.8) is 0 Å². The van der Waals surface area contributed by atoms with Gasteiger partial charge in [0.05, 0.1) is 32.4 Å². The molecule has 0 N–H and O–H groups in total. The fourth-order valence-electron chi connectivity index (χ4n) is 2.32. The first-order valence-electron chi connectivity index (χ1n) is 6.89. The summed E-state index contributed by atoms with van der Waals surface area (Å²) in [6.45, 7) is 4.19. The zero-order chi connectivity index (χ0) is 15.8. The van der Waals surface area contributed by atoms with E-state index in [0.29, 0.717) is 31.1 Å². The van der Waals surface area contributed by atoms with E-state index in [-0.39, 0.29) is 10.4 Å². The third kappa shape index (κ3) is 3.30. The van der Waals surface area contributed by atoms with Gasteiger partial charge >= 0.3 is 6.18 Å². The van der Waals surface area contributed by atoms with Crippen molar-refractivity contribution in [2.75, 3.05) is 13.2 Å². The normalized spacial score (nSPS) is 17.5. The lowest BCUT2D eigenvalue weighted by atomic mass is 9.83. The van der Waals surface area contributed by atoms with Crippen LogP contribution in [0.3, 0.4) is 0 Å². The van der Waals surface area contributed by atoms with Gasteiger partial charge in [-0.3, -0.25) is 4.68 Å². The summed E-state index contributed by atoms with van der Waals surface area (Å²) < 4.78 is 44.0. The van der Waals surface area contributed by atoms with E-state index in [9.17, 15) is 13.2 Å². The van der Waals surface area contributed by atoms with Gasteiger partial charge in [0.15, 0.2) is 0 Å². The summed E-state index contributed by atoms with van der Waals surface area (Å²) in [6, 6.07) is 0. The predicted molar refractivity (Wildman–Crippen MR) is 74.4 cm³/mol. The SMILES string of the molecule is CCC1(Cn2cc(-c3csc(CC(F)(F)F)n3)nn2)COC1. The van der Waals surface area contributed by atoms with E-state index in [1.54, 1.807) is 16.3 Å². The fourth-order valence-corrected chi connectivity index (χ4v) is 3.14. The van der Waals surface area contributed by atoms with Crippen LogP contribution in [0.1, 0.15) is 18.4 Å². The van der Waals surface area contributed by atoms with Crippen molar-refractivity contribution in [3.05, 3.63) is 16.6 Å². The highest BCUT2D eigenvalue weighted by molar-refractivity contribution is 7.09. The first-order valence-corrected chi connectivity index (χ1v) is 7.76. The molecule has 0 unspecified atom stereocenters. The van der Waals surface area contributed by atoms with Crippen molar-refractivity contribution in [1.82, 2.24) is 20.0 Å². The van der Waals surface area contributed by atoms with E-state index in [0.717, 1.165) is 17.8 Å². The molecule has 0 atom stereocenters. The molecule has 0 spiro atoms. The molecule has 9 heteroatoms. The third-order valence-electron chi connectivity index (χ3n) is 3.77. The zero-order valence-electron chi connectivity index (χ0n) is 11.9. The van der Waals surface area contributed by atoms with Gasteiger partial charge in [0.1, 0.15) is 16.4 Å². The molecule has 1 fully saturated rings. The molecule has 1 saturated heterocycles. The van der Waals surface area contributed by atoms with Crippen LogP contribution in [0.25, 0.3) is 11.4 Å². The standard InChI is InChI=1S/C13H15F3N4OS/c1-2-12(7-21-8-12)6-20-4-9(18-19-20)10-5-22-11(17-10)3-13(14,15)16/h4-5H,2-3,6-8H2,1H3. The van der Waals surface area contributed by atoms with Crippen molar-refractivity contribution in [3.8, 4) is 11.4 Å². The van der Waals surface area contributed by atoms with E-state index in [1.165, 1.54) is 0 Å². The molecule has 0 aromatic carbocycles. The number of alkyl halides is 3. The number of halogens is 3. The summed E-state index contributed by atoms with van der Waals surface area (Å²) in [6.07, 6.45) is -2.55. The number of thiazole rings is 1. The van der Waals surface area contributed by atoms with Crippen LogP contribution >= 0.6 is 11.3 Å². The van der Waals surface area contributed by atoms with Gasteiger partial charge in [-0.2, -0.15) is 13.2 Å². The third-order valence-corrected chi connectivity index (χ3v) is 4.62. The Labute approximate surface area is 129 Å². The van der Waals surface area contributed by atoms with Crippen molar-refractivity contribution in [1.29, 1.82) is 0 Å². The monoisotopic (exact) mass is 332 g/mol. The van der Waals surface area contributed by atoms with E-state index >= 15 is 0 Å². The Balaban J connectivity index is 1.71. The maximum Gasteiger partial charge on any atom is 0.395 e. The maximum absolute atomic E-state index is 12.4. The fraction of sp³-hybridized carbons (Fsp3) is 0.615. The molecule has 0 bridgehead atoms. The first-order chi connectivity index (χ1) is 10.4. The Morgan fingerprint density at radius 1 is 1.36 bits per heavy atom. The second-order valence-electron chi connectivity index (χ2n) is 5.57. The van der Waals surface area contributed by atoms with Gasteiger partial charge in [-0.15, -0.1) is 16.4 Å². The summed E-state index contributed by atoms with van der Waals surface area (Å²) in [5.41, 5.74) is 1.02. The highest BCUT2D eigenvalue weighted by Crippen LogP contribution is 2.33. The summed E-state index contributed by atoms with van der Waals surface area (Å²) in [5.74, 6) is 0. The minimum Gasteiger partial charge on any atom is -0.380 e. The predicted octanol–water partition coefficient (Wildman–Crippen LogP) is 2.93. The number of hydrogen-bond donors (Lipinski definition) is 0. The van der Waals surface area contributed by atoms with Crippen LogP contribution in [0.15, 0.2) is 11.6 Å². The molecular weight excluding hydrogens is 317 g/mol. The Kier molecular flexibility index (Phi) is 3.94. The van der Waals surface area contributed by atoms with Gasteiger partial charge in [-0.1, -0.05) is 12.1 Å². The van der Waals surface area contributed by atoms with Gasteiger partial charge in [0.2, 0.25) is 0 Å². The Morgan fingerprint density at radius 2 is 2.14 bits per heavy atom. The molecule has 0 amide bonds. The number of aromatic nitrogens is 4. The minimum atomic E-state index is -4.25. The minimum absolute atomic E-state index is 0.0365. The van der Waals surface area contributed by atoms with Crippen molar-refractivity contribution >= 4 is 11.3 Å². The molecule has 1 aliphatic heterocycles. The van der Waals surface area contributed by atoms with Crippen molar-refractivity contribution < 1.29 is 17.9 Å². The summed E-state index contributed by atoms with van der Waals surface area (Å²) in [7, 11) is 0. The molecule has 2 aromatic rings. The van der Waals surface area contributed by atoms with Crippen LogP contribution < -0.4 is 0 Å². The van der Waals surface area contributed by atoms with Crippen molar-refractivity contribution in [2.24, 2.45) is 5.41 Å². The molecule has 120 valence electrons. The largest absolute Gasteiger partial charge is 0.395 e. The van der Waals surface area contributed by atoms with Crippen molar-refractivity contribution in [2.45, 2.75) is 32.5 Å². The van der Waals surface area contributed by atoms with Gasteiger partial charge in [-0.25, -0.2) is 4.98 Å². The van der Waals surface area contributed by atoms with Crippen LogP contribution in [-0.4, -0.2) is 39.4 Å². The molecule has 2 aromatic heterocycles. The van der Waals surface area contributed by atoms with Crippen LogP contribution in [-0.2, 0) is 17.7 Å². The second kappa shape index (κ2) is 5.62. The highest BCUT2D eigenvalue weighted by Gasteiger charge is 2.37. The van der Waals surface area contributed by atoms with Crippen LogP contribution in [0.2, 0.25) is 0 Å². The first kappa shape index (κ1) is 15.4.